The van der Waals surface area contributed by atoms with E-state index in [4.69, 9.17) is 5.84 Å². The molecule has 0 bridgehead atoms. The third-order valence-corrected chi connectivity index (χ3v) is 2.99. The first-order chi connectivity index (χ1) is 8.10. The lowest BCUT2D eigenvalue weighted by atomic mass is 10.2. The first-order valence-electron chi connectivity index (χ1n) is 5.27. The Labute approximate surface area is 106 Å². The summed E-state index contributed by atoms with van der Waals surface area (Å²) in [5.41, 5.74) is 4.47. The molecule has 3 N–H and O–H groups in total. The van der Waals surface area contributed by atoms with Crippen molar-refractivity contribution >= 4 is 23.4 Å². The average Bonchev–Trinajstić information content (AvgIpc) is 2.34. The molecule has 1 aromatic rings. The van der Waals surface area contributed by atoms with Crippen molar-refractivity contribution in [2.24, 2.45) is 5.84 Å². The van der Waals surface area contributed by atoms with Crippen molar-refractivity contribution in [1.82, 2.24) is 9.88 Å². The van der Waals surface area contributed by atoms with Gasteiger partial charge in [0.1, 0.15) is 0 Å². The maximum absolute atomic E-state index is 12.1. The lowest BCUT2D eigenvalue weighted by molar-refractivity contribution is 0.0804. The molecule has 0 fully saturated rings. The Kier molecular flexibility index (Phi) is 5.24. The number of amides is 1. The zero-order valence-corrected chi connectivity index (χ0v) is 11.2. The van der Waals surface area contributed by atoms with Crippen molar-refractivity contribution < 1.29 is 4.79 Å². The average molecular weight is 254 g/mol. The zero-order valence-electron chi connectivity index (χ0n) is 10.4. The van der Waals surface area contributed by atoms with Crippen molar-refractivity contribution in [2.45, 2.75) is 6.92 Å². The number of rotatable bonds is 5. The fourth-order valence-corrected chi connectivity index (χ4v) is 1.84. The second kappa shape index (κ2) is 6.46. The molecule has 0 aliphatic carbocycles. The number of nitrogen functional groups attached to an aromatic ring is 1. The van der Waals surface area contributed by atoms with Crippen LogP contribution in [0, 0.1) is 6.92 Å². The second-order valence-corrected chi connectivity index (χ2v) is 4.72. The molecule has 0 unspecified atom stereocenters. The minimum absolute atomic E-state index is 0.0699. The van der Waals surface area contributed by atoms with E-state index >= 15 is 0 Å². The number of nitrogens with two attached hydrogens (primary N) is 1. The first-order valence-corrected chi connectivity index (χ1v) is 6.67. The molecule has 1 aromatic heterocycles. The minimum atomic E-state index is -0.0699. The molecule has 1 rings (SSSR count). The Hall–Kier alpha value is -1.27. The van der Waals surface area contributed by atoms with Gasteiger partial charge in [-0.25, -0.2) is 0 Å². The molecule has 0 aliphatic rings. The second-order valence-electron chi connectivity index (χ2n) is 3.74. The number of hydrogen-bond acceptors (Lipinski definition) is 5. The number of hydrazine groups is 1. The third-order valence-electron chi connectivity index (χ3n) is 2.40. The molecule has 1 heterocycles. The quantitative estimate of drug-likeness (QED) is 0.608. The van der Waals surface area contributed by atoms with E-state index in [9.17, 15) is 4.79 Å². The molecular weight excluding hydrogens is 236 g/mol. The van der Waals surface area contributed by atoms with Crippen LogP contribution in [0.1, 0.15) is 16.1 Å². The molecule has 0 spiro atoms. The predicted octanol–water partition coefficient (Wildman–Crippen LogP) is 1.11. The van der Waals surface area contributed by atoms with Gasteiger partial charge in [0.25, 0.3) is 5.91 Å². The van der Waals surface area contributed by atoms with Crippen molar-refractivity contribution in [3.8, 4) is 0 Å². The fraction of sp³-hybridized carbons (Fsp3) is 0.455. The molecule has 0 saturated carbocycles. The maximum Gasteiger partial charge on any atom is 0.257 e. The van der Waals surface area contributed by atoms with Gasteiger partial charge in [0.15, 0.2) is 0 Å². The number of nitrogens with one attached hydrogen (secondary N) is 1. The highest BCUT2D eigenvalue weighted by atomic mass is 32.2. The van der Waals surface area contributed by atoms with Gasteiger partial charge in [0.2, 0.25) is 0 Å². The van der Waals surface area contributed by atoms with Gasteiger partial charge in [-0.3, -0.25) is 15.6 Å². The summed E-state index contributed by atoms with van der Waals surface area (Å²) in [5.74, 6) is 6.24. The smallest absolute Gasteiger partial charge is 0.257 e. The highest BCUT2D eigenvalue weighted by molar-refractivity contribution is 7.98. The summed E-state index contributed by atoms with van der Waals surface area (Å²) in [6.07, 6.45) is 3.57. The Morgan fingerprint density at radius 1 is 1.65 bits per heavy atom. The molecular formula is C11H18N4OS. The Bertz CT molecular complexity index is 397. The summed E-state index contributed by atoms with van der Waals surface area (Å²) in [7, 11) is 1.78. The lowest BCUT2D eigenvalue weighted by Crippen LogP contribution is -2.30. The van der Waals surface area contributed by atoms with Crippen LogP contribution in [0.15, 0.2) is 12.3 Å². The Balaban J connectivity index is 2.87. The lowest BCUT2D eigenvalue weighted by Gasteiger charge is -2.18. The van der Waals surface area contributed by atoms with Gasteiger partial charge in [0, 0.05) is 31.2 Å². The van der Waals surface area contributed by atoms with Gasteiger partial charge in [-0.05, 0) is 19.2 Å². The van der Waals surface area contributed by atoms with Crippen LogP contribution >= 0.6 is 11.8 Å². The van der Waals surface area contributed by atoms with Crippen molar-refractivity contribution in [1.29, 1.82) is 0 Å². The largest absolute Gasteiger partial charge is 0.341 e. The van der Waals surface area contributed by atoms with Crippen molar-refractivity contribution in [2.75, 3.05) is 31.0 Å². The zero-order chi connectivity index (χ0) is 12.8. The number of nitrogens with zero attached hydrogens (tertiary/aromatic N) is 2. The third kappa shape index (κ3) is 3.61. The Morgan fingerprint density at radius 2 is 2.35 bits per heavy atom. The molecule has 0 saturated heterocycles. The minimum Gasteiger partial charge on any atom is -0.341 e. The topological polar surface area (TPSA) is 71.2 Å². The molecule has 1 amide bonds. The van der Waals surface area contributed by atoms with E-state index in [2.05, 4.69) is 10.4 Å². The molecule has 94 valence electrons. The maximum atomic E-state index is 12.1. The van der Waals surface area contributed by atoms with Gasteiger partial charge in [-0.1, -0.05) is 0 Å². The normalized spacial score (nSPS) is 10.1. The molecule has 0 aliphatic heterocycles. The van der Waals surface area contributed by atoms with Gasteiger partial charge in [-0.2, -0.15) is 11.8 Å². The summed E-state index contributed by atoms with van der Waals surface area (Å²) in [5, 5.41) is 0. The van der Waals surface area contributed by atoms with Crippen LogP contribution < -0.4 is 11.3 Å². The fourth-order valence-electron chi connectivity index (χ4n) is 1.39. The van der Waals surface area contributed by atoms with Crippen LogP contribution in [-0.2, 0) is 0 Å². The van der Waals surface area contributed by atoms with E-state index in [1.807, 2.05) is 13.2 Å². The standard InChI is InChI=1S/C11H18N4OS/c1-8-6-10(14-12)9(7-13-8)11(16)15(2)4-5-17-3/h6-7H,4-5,12H2,1-3H3,(H,13,14). The van der Waals surface area contributed by atoms with Crippen LogP contribution in [0.4, 0.5) is 5.69 Å². The summed E-state index contributed by atoms with van der Waals surface area (Å²) in [6.45, 7) is 2.56. The van der Waals surface area contributed by atoms with Gasteiger partial charge >= 0.3 is 0 Å². The summed E-state index contributed by atoms with van der Waals surface area (Å²) in [4.78, 5) is 17.9. The number of pyridine rings is 1. The van der Waals surface area contributed by atoms with Crippen LogP contribution in [0.25, 0.3) is 0 Å². The number of hydrogen-bond donors (Lipinski definition) is 2. The van der Waals surface area contributed by atoms with E-state index < -0.39 is 0 Å². The summed E-state index contributed by atoms with van der Waals surface area (Å²) >= 11 is 1.71. The first kappa shape index (κ1) is 13.8. The van der Waals surface area contributed by atoms with Crippen LogP contribution in [0.5, 0.6) is 0 Å². The molecule has 6 heteroatoms. The molecule has 0 aromatic carbocycles. The SMILES string of the molecule is CSCCN(C)C(=O)c1cnc(C)cc1NN. The monoisotopic (exact) mass is 254 g/mol. The van der Waals surface area contributed by atoms with Crippen molar-refractivity contribution in [3.05, 3.63) is 23.5 Å². The van der Waals surface area contributed by atoms with Gasteiger partial charge in [-0.15, -0.1) is 0 Å². The highest BCUT2D eigenvalue weighted by Crippen LogP contribution is 2.16. The van der Waals surface area contributed by atoms with Crippen LogP contribution in [0.3, 0.4) is 0 Å². The van der Waals surface area contributed by atoms with E-state index in [-0.39, 0.29) is 5.91 Å². The number of thioether (sulfide) groups is 1. The molecule has 17 heavy (non-hydrogen) atoms. The molecule has 5 nitrogen and oxygen atoms in total. The number of aromatic nitrogens is 1. The van der Waals surface area contributed by atoms with Gasteiger partial charge in [0.05, 0.1) is 11.3 Å². The number of anilines is 1. The molecule has 0 atom stereocenters. The van der Waals surface area contributed by atoms with Crippen LogP contribution in [-0.4, -0.2) is 41.4 Å². The van der Waals surface area contributed by atoms with Gasteiger partial charge < -0.3 is 10.3 Å². The summed E-state index contributed by atoms with van der Waals surface area (Å²) < 4.78 is 0. The van der Waals surface area contributed by atoms with Crippen LogP contribution in [0.2, 0.25) is 0 Å². The van der Waals surface area contributed by atoms with E-state index in [0.717, 1.165) is 11.4 Å². The van der Waals surface area contributed by atoms with E-state index in [1.165, 1.54) is 0 Å². The Morgan fingerprint density at radius 3 is 2.94 bits per heavy atom. The number of carbonyl (C=O) groups is 1. The summed E-state index contributed by atoms with van der Waals surface area (Å²) in [6, 6.07) is 1.76. The highest BCUT2D eigenvalue weighted by Gasteiger charge is 2.15. The number of carbonyl (C=O) groups excluding carboxylic acids is 1. The molecule has 0 radical (unpaired) electrons. The van der Waals surface area contributed by atoms with E-state index in [1.54, 1.807) is 36.0 Å². The van der Waals surface area contributed by atoms with E-state index in [0.29, 0.717) is 17.8 Å². The predicted molar refractivity (Wildman–Crippen MR) is 72.1 cm³/mol. The number of aryl methyl sites for hydroxylation is 1. The van der Waals surface area contributed by atoms with Crippen molar-refractivity contribution in [3.63, 3.8) is 0 Å².